The summed E-state index contributed by atoms with van der Waals surface area (Å²) in [6.07, 6.45) is 7.19. The first-order chi connectivity index (χ1) is 11.0. The molecule has 1 aromatic carbocycles. The summed E-state index contributed by atoms with van der Waals surface area (Å²) in [7, 11) is -3.83. The van der Waals surface area contributed by atoms with Crippen LogP contribution < -0.4 is 22.3 Å². The molecule has 1 aromatic heterocycles. The van der Waals surface area contributed by atoms with E-state index in [-0.39, 0.29) is 18.2 Å². The molecule has 0 radical (unpaired) electrons. The van der Waals surface area contributed by atoms with Gasteiger partial charge in [0.2, 0.25) is 6.33 Å². The lowest BCUT2D eigenvalue weighted by atomic mass is 10.2. The van der Waals surface area contributed by atoms with E-state index in [2.05, 4.69) is 22.0 Å². The van der Waals surface area contributed by atoms with Gasteiger partial charge in [0.1, 0.15) is 18.9 Å². The minimum Gasteiger partial charge on any atom is -1.00 e. The van der Waals surface area contributed by atoms with Gasteiger partial charge in [-0.25, -0.2) is 9.13 Å². The van der Waals surface area contributed by atoms with Crippen molar-refractivity contribution in [3.05, 3.63) is 54.6 Å². The van der Waals surface area contributed by atoms with Gasteiger partial charge >= 0.3 is 0 Å². The van der Waals surface area contributed by atoms with E-state index in [0.29, 0.717) is 6.42 Å². The maximum absolute atomic E-state index is 10.6. The molecule has 24 heavy (non-hydrogen) atoms. The molecule has 0 aliphatic heterocycles. The fourth-order valence-electron chi connectivity index (χ4n) is 2.32. The molecule has 2 N–H and O–H groups in total. The highest BCUT2D eigenvalue weighted by molar-refractivity contribution is 7.85. The third kappa shape index (κ3) is 8.44. The molecule has 0 bridgehead atoms. The standard InChI is InChI=1S/C16H23N3O3S.ClH/c20-23(21,22)13-5-4-9-18-11-12-19(15-18)10-8-17-14-16-6-2-1-3-7-16;/h1-3,6-7,11-12,15,17H,4-5,8-10,13-14H2;1H. The van der Waals surface area contributed by atoms with E-state index < -0.39 is 10.1 Å². The third-order valence-corrected chi connectivity index (χ3v) is 4.34. The Morgan fingerprint density at radius 3 is 2.62 bits per heavy atom. The first-order valence-corrected chi connectivity index (χ1v) is 9.38. The Labute approximate surface area is 149 Å². The van der Waals surface area contributed by atoms with Gasteiger partial charge in [0.05, 0.1) is 12.3 Å². The molecule has 6 nitrogen and oxygen atoms in total. The molecule has 0 atom stereocenters. The van der Waals surface area contributed by atoms with E-state index in [1.54, 1.807) is 0 Å². The van der Waals surface area contributed by atoms with E-state index in [1.807, 2.05) is 41.5 Å². The maximum Gasteiger partial charge on any atom is 0.264 e. The van der Waals surface area contributed by atoms with Gasteiger partial charge in [0, 0.05) is 13.1 Å². The van der Waals surface area contributed by atoms with Crippen LogP contribution in [0.5, 0.6) is 0 Å². The number of hydrogen-bond donors (Lipinski definition) is 2. The number of hydrogen-bond acceptors (Lipinski definition) is 3. The Bertz CT molecular complexity index is 690. The lowest BCUT2D eigenvalue weighted by Crippen LogP contribution is -3.00. The lowest BCUT2D eigenvalue weighted by Gasteiger charge is -2.03. The normalized spacial score (nSPS) is 11.2. The monoisotopic (exact) mass is 373 g/mol. The predicted octanol–water partition coefficient (Wildman–Crippen LogP) is -1.76. The lowest BCUT2D eigenvalue weighted by molar-refractivity contribution is -0.696. The van der Waals surface area contributed by atoms with Gasteiger partial charge in [-0.15, -0.1) is 0 Å². The van der Waals surface area contributed by atoms with Gasteiger partial charge < -0.3 is 17.7 Å². The molecule has 2 aromatic rings. The van der Waals surface area contributed by atoms with Crippen molar-refractivity contribution in [1.29, 1.82) is 0 Å². The highest BCUT2D eigenvalue weighted by atomic mass is 35.5. The molecule has 0 saturated heterocycles. The summed E-state index contributed by atoms with van der Waals surface area (Å²) in [5.41, 5.74) is 1.27. The van der Waals surface area contributed by atoms with Gasteiger partial charge in [-0.1, -0.05) is 30.3 Å². The molecule has 0 spiro atoms. The molecule has 0 saturated carbocycles. The van der Waals surface area contributed by atoms with E-state index in [4.69, 9.17) is 4.55 Å². The van der Waals surface area contributed by atoms with Crippen molar-refractivity contribution in [3.8, 4) is 0 Å². The van der Waals surface area contributed by atoms with Crippen molar-refractivity contribution in [1.82, 2.24) is 9.88 Å². The Morgan fingerprint density at radius 1 is 1.17 bits per heavy atom. The van der Waals surface area contributed by atoms with Gasteiger partial charge in [-0.3, -0.25) is 4.55 Å². The average molecular weight is 374 g/mol. The van der Waals surface area contributed by atoms with Gasteiger partial charge in [0.15, 0.2) is 0 Å². The molecule has 2 rings (SSSR count). The molecule has 0 amide bonds. The number of nitrogens with zero attached hydrogens (tertiary/aromatic N) is 2. The van der Waals surface area contributed by atoms with Crippen LogP contribution in [0.1, 0.15) is 18.4 Å². The summed E-state index contributed by atoms with van der Waals surface area (Å²) in [4.78, 5) is 0. The zero-order chi connectivity index (χ0) is 16.5. The Balaban J connectivity index is 0.00000288. The van der Waals surface area contributed by atoms with E-state index >= 15 is 0 Å². The number of aromatic nitrogens is 2. The van der Waals surface area contributed by atoms with Crippen molar-refractivity contribution in [2.75, 3.05) is 12.3 Å². The minimum absolute atomic E-state index is 0. The molecule has 134 valence electrons. The summed E-state index contributed by atoms with van der Waals surface area (Å²) in [5.74, 6) is -0.169. The fraction of sp³-hybridized carbons (Fsp3) is 0.438. The SMILES string of the molecule is O=S(=O)(O)CCCC[n+]1ccn(CCNCc2ccccc2)c1.[Cl-]. The van der Waals surface area contributed by atoms with Crippen LogP contribution in [0.3, 0.4) is 0 Å². The van der Waals surface area contributed by atoms with Crippen LogP contribution >= 0.6 is 0 Å². The largest absolute Gasteiger partial charge is 1.00 e. The third-order valence-electron chi connectivity index (χ3n) is 3.53. The number of halogens is 1. The summed E-state index contributed by atoms with van der Waals surface area (Å²) >= 11 is 0. The topological polar surface area (TPSA) is 75.2 Å². The van der Waals surface area contributed by atoms with E-state index in [1.165, 1.54) is 5.56 Å². The van der Waals surface area contributed by atoms with Crippen molar-refractivity contribution in [2.45, 2.75) is 32.5 Å². The maximum atomic E-state index is 10.6. The van der Waals surface area contributed by atoms with Crippen molar-refractivity contribution in [3.63, 3.8) is 0 Å². The van der Waals surface area contributed by atoms with Crippen molar-refractivity contribution < 1.29 is 29.9 Å². The van der Waals surface area contributed by atoms with Crippen LogP contribution in [-0.2, 0) is 29.8 Å². The molecule has 0 aliphatic carbocycles. The van der Waals surface area contributed by atoms with Gasteiger partial charge in [-0.2, -0.15) is 8.42 Å². The van der Waals surface area contributed by atoms with E-state index in [9.17, 15) is 8.42 Å². The predicted molar refractivity (Wildman–Crippen MR) is 88.4 cm³/mol. The highest BCUT2D eigenvalue weighted by Crippen LogP contribution is 1.97. The Morgan fingerprint density at radius 2 is 1.92 bits per heavy atom. The van der Waals surface area contributed by atoms with Crippen molar-refractivity contribution >= 4 is 10.1 Å². The van der Waals surface area contributed by atoms with Crippen molar-refractivity contribution in [2.24, 2.45) is 0 Å². The van der Waals surface area contributed by atoms with Crippen LogP contribution in [0, 0.1) is 0 Å². The zero-order valence-corrected chi connectivity index (χ0v) is 15.1. The quantitative estimate of drug-likeness (QED) is 0.294. The molecule has 0 aliphatic rings. The van der Waals surface area contributed by atoms with Gasteiger partial charge in [-0.05, 0) is 18.4 Å². The molecule has 0 unspecified atom stereocenters. The fourth-order valence-corrected chi connectivity index (χ4v) is 2.89. The second kappa shape index (κ2) is 10.5. The molecular weight excluding hydrogens is 350 g/mol. The second-order valence-corrected chi connectivity index (χ2v) is 7.12. The van der Waals surface area contributed by atoms with Crippen LogP contribution in [-0.4, -0.2) is 29.8 Å². The van der Waals surface area contributed by atoms with Gasteiger partial charge in [0.25, 0.3) is 10.1 Å². The summed E-state index contributed by atoms with van der Waals surface area (Å²) in [5, 5.41) is 3.40. The first-order valence-electron chi connectivity index (χ1n) is 7.77. The van der Waals surface area contributed by atoms with Crippen LogP contribution in [0.15, 0.2) is 49.1 Å². The Hall–Kier alpha value is -1.41. The number of unbranched alkanes of at least 4 members (excludes halogenated alkanes) is 1. The summed E-state index contributed by atoms with van der Waals surface area (Å²) in [6, 6.07) is 10.3. The molecular formula is C16H24ClN3O3S. The number of aryl methyl sites for hydroxylation is 1. The summed E-state index contributed by atoms with van der Waals surface area (Å²) in [6.45, 7) is 3.37. The number of rotatable bonds is 10. The molecule has 8 heteroatoms. The second-order valence-electron chi connectivity index (χ2n) is 5.54. The average Bonchev–Trinajstić information content (AvgIpc) is 2.96. The van der Waals surface area contributed by atoms with Crippen LogP contribution in [0.25, 0.3) is 0 Å². The first kappa shape index (κ1) is 20.6. The van der Waals surface area contributed by atoms with Crippen LogP contribution in [0.2, 0.25) is 0 Å². The summed E-state index contributed by atoms with van der Waals surface area (Å²) < 4.78 is 34.1. The van der Waals surface area contributed by atoms with Crippen LogP contribution in [0.4, 0.5) is 0 Å². The smallest absolute Gasteiger partial charge is 0.264 e. The minimum atomic E-state index is -3.83. The highest BCUT2D eigenvalue weighted by Gasteiger charge is 2.06. The van der Waals surface area contributed by atoms with E-state index in [0.717, 1.165) is 32.6 Å². The zero-order valence-electron chi connectivity index (χ0n) is 13.5. The number of benzene rings is 1. The number of nitrogens with one attached hydrogen (secondary N) is 1. The number of imidazole rings is 1. The Kier molecular flexibility index (Phi) is 8.99. The molecule has 0 fully saturated rings. The molecule has 1 heterocycles.